The van der Waals surface area contributed by atoms with E-state index in [9.17, 15) is 41.9 Å². The maximum Gasteiger partial charge on any atom is 0.393 e. The lowest BCUT2D eigenvalue weighted by Gasteiger charge is -2.41. The third kappa shape index (κ3) is 21.9. The summed E-state index contributed by atoms with van der Waals surface area (Å²) in [4.78, 5) is 191. The SMILES string of the molecule is CC[C@H](C)[C@@H]1NC(=O)[C@H](CC(C)C)N(C)C(=O)C[C@@H](C(=O)N2CCOCC2)N(C)C(=O)[C@H](CC(C)C)N(C)C(=O)C2(CCCC2)NC(=O)[C@@H]2CCCN2C(=O)[C@H](CCC2CCC(C(F)(F)F)C(Cl)C2)NC(=O)CN(C)C(=O)[C@H](CC2CCC(C)CC2)N(CC)C(=O)CN(C)C(=O)CN(C)C1=O. The first-order chi connectivity index (χ1) is 47.4. The number of fused-ring (bicyclic) bond motifs is 1. The van der Waals surface area contributed by atoms with E-state index in [1.54, 1.807) is 13.8 Å². The summed E-state index contributed by atoms with van der Waals surface area (Å²) in [6, 6.07) is -8.75. The van der Waals surface area contributed by atoms with E-state index < -0.39 is 168 Å². The van der Waals surface area contributed by atoms with Crippen molar-refractivity contribution >= 4 is 82.5 Å². The fourth-order valence-corrected chi connectivity index (χ4v) is 16.2. The topological polar surface area (TPSA) is 279 Å². The molecule has 0 aromatic rings. The van der Waals surface area contributed by atoms with Crippen molar-refractivity contribution in [2.45, 2.75) is 243 Å². The Balaban J connectivity index is 1.42. The molecule has 25 nitrogen and oxygen atoms in total. The number of nitrogens with zero attached hydrogens (tertiary/aromatic N) is 9. The number of alkyl halides is 4. The number of halogens is 4. The van der Waals surface area contributed by atoms with Gasteiger partial charge in [0.2, 0.25) is 70.9 Å². The Hall–Kier alpha value is -6.32. The van der Waals surface area contributed by atoms with Crippen LogP contribution in [0, 0.1) is 41.4 Å². The zero-order chi connectivity index (χ0) is 75.1. The molecule has 572 valence electrons. The van der Waals surface area contributed by atoms with Crippen molar-refractivity contribution in [3.63, 3.8) is 0 Å². The summed E-state index contributed by atoms with van der Waals surface area (Å²) in [6.45, 7) is 14.0. The van der Waals surface area contributed by atoms with Crippen molar-refractivity contribution in [3.05, 3.63) is 0 Å². The van der Waals surface area contributed by atoms with E-state index in [0.29, 0.717) is 31.6 Å². The molecule has 0 aromatic heterocycles. The van der Waals surface area contributed by atoms with Crippen molar-refractivity contribution in [3.8, 4) is 0 Å². The first-order valence-electron chi connectivity index (χ1n) is 37.1. The molecule has 0 radical (unpaired) electrons. The summed E-state index contributed by atoms with van der Waals surface area (Å²) in [5.74, 6) is -10.3. The van der Waals surface area contributed by atoms with Gasteiger partial charge in [-0.1, -0.05) is 93.4 Å². The number of carbonyl (C=O) groups excluding carboxylic acids is 12. The van der Waals surface area contributed by atoms with Gasteiger partial charge in [0.1, 0.15) is 47.8 Å². The number of rotatable bonds is 13. The van der Waals surface area contributed by atoms with Gasteiger partial charge in [0.15, 0.2) is 0 Å². The van der Waals surface area contributed by atoms with Gasteiger partial charge in [-0.15, -0.1) is 11.6 Å². The molecule has 6 aliphatic rings. The second-order valence-electron chi connectivity index (χ2n) is 30.9. The van der Waals surface area contributed by atoms with Gasteiger partial charge in [-0.05, 0) is 119 Å². The molecular formula is C72H118ClF3N12O13. The smallest absolute Gasteiger partial charge is 0.378 e. The van der Waals surface area contributed by atoms with E-state index in [1.165, 1.54) is 76.6 Å². The van der Waals surface area contributed by atoms with Gasteiger partial charge in [0, 0.05) is 73.8 Å². The number of nitrogens with one attached hydrogen (secondary N) is 3. The summed E-state index contributed by atoms with van der Waals surface area (Å²) in [7, 11) is 8.48. The average molecular weight is 1450 g/mol. The molecule has 101 heavy (non-hydrogen) atoms. The van der Waals surface area contributed by atoms with E-state index in [1.807, 2.05) is 34.6 Å². The number of morpholine rings is 1. The molecule has 3 saturated heterocycles. The third-order valence-corrected chi connectivity index (χ3v) is 22.9. The largest absolute Gasteiger partial charge is 0.393 e. The summed E-state index contributed by atoms with van der Waals surface area (Å²) < 4.78 is 47.6. The van der Waals surface area contributed by atoms with Crippen LogP contribution in [0.2, 0.25) is 0 Å². The minimum absolute atomic E-state index is 0.00524. The molecule has 3 heterocycles. The monoisotopic (exact) mass is 1450 g/mol. The molecule has 0 bridgehead atoms. The van der Waals surface area contributed by atoms with Crippen LogP contribution in [0.15, 0.2) is 0 Å². The Labute approximate surface area is 601 Å². The van der Waals surface area contributed by atoms with Gasteiger partial charge in [0.05, 0.1) is 45.2 Å². The van der Waals surface area contributed by atoms with Crippen LogP contribution < -0.4 is 16.0 Å². The van der Waals surface area contributed by atoms with Crippen LogP contribution >= 0.6 is 11.6 Å². The van der Waals surface area contributed by atoms with E-state index in [-0.39, 0.29) is 134 Å². The normalized spacial score (nSPS) is 30.2. The molecule has 3 N–H and O–H groups in total. The van der Waals surface area contributed by atoms with Crippen LogP contribution in [-0.2, 0) is 62.3 Å². The number of carbonyl (C=O) groups is 12. The second kappa shape index (κ2) is 37.4. The lowest BCUT2D eigenvalue weighted by Crippen LogP contribution is -2.64. The van der Waals surface area contributed by atoms with Gasteiger partial charge >= 0.3 is 6.18 Å². The Morgan fingerprint density at radius 2 is 1.22 bits per heavy atom. The highest BCUT2D eigenvalue weighted by molar-refractivity contribution is 6.21. The number of hydrogen-bond acceptors (Lipinski definition) is 13. The molecular weight excluding hydrogens is 1330 g/mol. The second-order valence-corrected chi connectivity index (χ2v) is 31.5. The Kier molecular flexibility index (Phi) is 31.0. The standard InChI is InChI=1S/C72H118ClF3N12O13/c1-15-47(8)62-69(99)82(11)42-60(91)80(9)43-61(92)87(16-2)57(39-49-23-21-46(7)22-24-49)66(96)81(10)41-58(89)77-52(28-26-48-25-27-50(51(73)38-48)72(74,75)76)65(95)88-31-19-20-53(88)64(94)79-71(29-17-18-30-71)70(100)85(14)55(37-45(5)6)67(97)84(13)56(68(98)86-32-34-101-35-33-86)40-59(90)83(12)54(36-44(3)4)63(93)78-62/h44-57,62H,15-43H2,1-14H3,(H,77,89)(H,78,93)(H,79,94)/t46?,47-,48?,49?,50?,51?,52-,53-,54-,55-,56-,57-,62-/m0/s1. The van der Waals surface area contributed by atoms with Crippen molar-refractivity contribution < 1.29 is 75.4 Å². The molecule has 11 atom stereocenters. The van der Waals surface area contributed by atoms with Crippen LogP contribution in [0.5, 0.6) is 0 Å². The first-order valence-corrected chi connectivity index (χ1v) is 37.5. The highest BCUT2D eigenvalue weighted by atomic mass is 35.5. The molecule has 12 amide bonds. The zero-order valence-electron chi connectivity index (χ0n) is 62.5. The zero-order valence-corrected chi connectivity index (χ0v) is 63.3. The Morgan fingerprint density at radius 3 is 1.80 bits per heavy atom. The minimum atomic E-state index is -4.51. The van der Waals surface area contributed by atoms with Gasteiger partial charge in [-0.25, -0.2) is 0 Å². The predicted molar refractivity (Wildman–Crippen MR) is 374 cm³/mol. The van der Waals surface area contributed by atoms with E-state index in [0.717, 1.165) is 35.5 Å². The van der Waals surface area contributed by atoms with Crippen LogP contribution in [0.1, 0.15) is 184 Å². The van der Waals surface area contributed by atoms with Crippen molar-refractivity contribution in [1.82, 2.24) is 60.0 Å². The Bertz CT molecular complexity index is 2910. The van der Waals surface area contributed by atoms with Crippen molar-refractivity contribution in [1.29, 1.82) is 0 Å². The lowest BCUT2D eigenvalue weighted by molar-refractivity contribution is -0.182. The van der Waals surface area contributed by atoms with Gasteiger partial charge in [-0.3, -0.25) is 57.5 Å². The molecule has 6 fully saturated rings. The molecule has 3 unspecified atom stereocenters. The maximum atomic E-state index is 15.5. The van der Waals surface area contributed by atoms with Crippen molar-refractivity contribution in [2.75, 3.05) is 101 Å². The molecule has 1 spiro atoms. The quantitative estimate of drug-likeness (QED) is 0.194. The molecule has 0 aromatic carbocycles. The number of hydrogen-bond donors (Lipinski definition) is 3. The van der Waals surface area contributed by atoms with Crippen LogP contribution in [0.3, 0.4) is 0 Å². The van der Waals surface area contributed by atoms with E-state index in [2.05, 4.69) is 22.9 Å². The molecule has 3 saturated carbocycles. The molecule has 29 heteroatoms. The van der Waals surface area contributed by atoms with Crippen LogP contribution in [0.25, 0.3) is 0 Å². The number of amides is 12. The third-order valence-electron chi connectivity index (χ3n) is 22.4. The van der Waals surface area contributed by atoms with Gasteiger partial charge < -0.3 is 64.8 Å². The van der Waals surface area contributed by atoms with Gasteiger partial charge in [0.25, 0.3) is 0 Å². The molecule has 6 rings (SSSR count). The number of ether oxygens (including phenoxy) is 1. The van der Waals surface area contributed by atoms with Crippen molar-refractivity contribution in [2.24, 2.45) is 41.4 Å². The average Bonchev–Trinajstić information content (AvgIpc) is 1.74. The van der Waals surface area contributed by atoms with Gasteiger partial charge in [-0.2, -0.15) is 13.2 Å². The summed E-state index contributed by atoms with van der Waals surface area (Å²) >= 11 is 6.41. The molecule has 3 aliphatic carbocycles. The highest BCUT2D eigenvalue weighted by Crippen LogP contribution is 2.44. The Morgan fingerprint density at radius 1 is 0.624 bits per heavy atom. The maximum absolute atomic E-state index is 15.5. The summed E-state index contributed by atoms with van der Waals surface area (Å²) in [6.07, 6.45) is 0.920. The van der Waals surface area contributed by atoms with Crippen LogP contribution in [0.4, 0.5) is 13.2 Å². The minimum Gasteiger partial charge on any atom is -0.378 e. The van der Waals surface area contributed by atoms with Crippen LogP contribution in [-0.4, -0.2) is 276 Å². The van der Waals surface area contributed by atoms with E-state index >= 15 is 28.8 Å². The lowest BCUT2D eigenvalue weighted by atomic mass is 9.78. The first kappa shape index (κ1) is 83.6. The molecule has 3 aliphatic heterocycles. The fourth-order valence-electron chi connectivity index (χ4n) is 15.7. The predicted octanol–water partition coefficient (Wildman–Crippen LogP) is 5.43. The fraction of sp³-hybridized carbons (Fsp3) is 0.833. The summed E-state index contributed by atoms with van der Waals surface area (Å²) in [5.41, 5.74) is -1.58. The van der Waals surface area contributed by atoms with E-state index in [4.69, 9.17) is 16.3 Å². The summed E-state index contributed by atoms with van der Waals surface area (Å²) in [5, 5.41) is 7.57. The number of likely N-dealkylation sites (N-methyl/N-ethyl adjacent to an activating group) is 7. The highest BCUT2D eigenvalue weighted by Gasteiger charge is 2.51.